The number of carbonyl (C=O) groups is 2. The number of amides is 3. The number of carbonyl (C=O) groups excluding carboxylic acids is 2. The van der Waals surface area contributed by atoms with Gasteiger partial charge in [-0.25, -0.2) is 4.79 Å². The van der Waals surface area contributed by atoms with Crippen LogP contribution in [0.5, 0.6) is 11.5 Å². The monoisotopic (exact) mass is 453 g/mol. The molecule has 1 heterocycles. The van der Waals surface area contributed by atoms with E-state index in [4.69, 9.17) is 9.47 Å². The lowest BCUT2D eigenvalue weighted by Crippen LogP contribution is -2.28. The minimum absolute atomic E-state index is 0.209. The molecule has 33 heavy (non-hydrogen) atoms. The predicted molar refractivity (Wildman–Crippen MR) is 130 cm³/mol. The zero-order valence-corrected chi connectivity index (χ0v) is 19.9. The summed E-state index contributed by atoms with van der Waals surface area (Å²) in [6.45, 7) is 6.80. The van der Waals surface area contributed by atoms with Crippen LogP contribution in [0.25, 0.3) is 0 Å². The Morgan fingerprint density at radius 1 is 1.12 bits per heavy atom. The second-order valence-corrected chi connectivity index (χ2v) is 8.80. The quantitative estimate of drug-likeness (QED) is 0.472. The largest absolute Gasteiger partial charge is 0.493 e. The van der Waals surface area contributed by atoms with Crippen LogP contribution in [0.15, 0.2) is 42.5 Å². The van der Waals surface area contributed by atoms with Gasteiger partial charge in [-0.15, -0.1) is 0 Å². The molecule has 1 aliphatic heterocycles. The van der Waals surface area contributed by atoms with Crippen molar-refractivity contribution in [2.75, 3.05) is 25.6 Å². The number of hydrogen-bond donors (Lipinski definition) is 2. The van der Waals surface area contributed by atoms with Crippen LogP contribution in [0.2, 0.25) is 0 Å². The van der Waals surface area contributed by atoms with Gasteiger partial charge in [-0.1, -0.05) is 38.1 Å². The summed E-state index contributed by atoms with van der Waals surface area (Å²) >= 11 is 0. The molecule has 0 atom stereocenters. The molecular formula is C26H35N3O4. The van der Waals surface area contributed by atoms with Gasteiger partial charge in [0.25, 0.3) is 0 Å². The van der Waals surface area contributed by atoms with E-state index in [-0.39, 0.29) is 11.9 Å². The normalized spacial score (nSPS) is 13.3. The average molecular weight is 454 g/mol. The van der Waals surface area contributed by atoms with Crippen molar-refractivity contribution in [2.45, 2.75) is 52.6 Å². The SMILES string of the molecule is COc1ccc(NC(=O)NCc2cccc(CN3CCCC3=O)c2)cc1OCCCC(C)C. The second-order valence-electron chi connectivity index (χ2n) is 8.80. The van der Waals surface area contributed by atoms with E-state index in [0.717, 1.165) is 36.9 Å². The fraction of sp³-hybridized carbons (Fsp3) is 0.462. The van der Waals surface area contributed by atoms with Gasteiger partial charge >= 0.3 is 6.03 Å². The topological polar surface area (TPSA) is 79.9 Å². The number of nitrogens with one attached hydrogen (secondary N) is 2. The smallest absolute Gasteiger partial charge is 0.319 e. The van der Waals surface area contributed by atoms with Crippen LogP contribution in [-0.4, -0.2) is 37.1 Å². The molecule has 0 bridgehead atoms. The number of urea groups is 1. The fourth-order valence-corrected chi connectivity index (χ4v) is 3.83. The van der Waals surface area contributed by atoms with Crippen molar-refractivity contribution in [2.24, 2.45) is 5.92 Å². The summed E-state index contributed by atoms with van der Waals surface area (Å²) in [5.74, 6) is 2.10. The Labute approximate surface area is 196 Å². The Hall–Kier alpha value is -3.22. The number of rotatable bonds is 11. The highest BCUT2D eigenvalue weighted by Crippen LogP contribution is 2.30. The van der Waals surface area contributed by atoms with Crippen LogP contribution < -0.4 is 20.1 Å². The maximum Gasteiger partial charge on any atom is 0.319 e. The van der Waals surface area contributed by atoms with E-state index in [0.29, 0.717) is 49.2 Å². The van der Waals surface area contributed by atoms with Gasteiger partial charge < -0.3 is 25.0 Å². The van der Waals surface area contributed by atoms with Crippen LogP contribution in [-0.2, 0) is 17.9 Å². The molecule has 0 radical (unpaired) electrons. The molecule has 7 heteroatoms. The third-order valence-corrected chi connectivity index (χ3v) is 5.59. The van der Waals surface area contributed by atoms with Gasteiger partial charge in [0, 0.05) is 37.8 Å². The molecule has 2 aromatic rings. The molecule has 2 N–H and O–H groups in total. The first-order chi connectivity index (χ1) is 15.9. The zero-order chi connectivity index (χ0) is 23.6. The molecule has 7 nitrogen and oxygen atoms in total. The number of likely N-dealkylation sites (tertiary alicyclic amines) is 1. The summed E-state index contributed by atoms with van der Waals surface area (Å²) < 4.78 is 11.3. The first kappa shape index (κ1) is 24.4. The summed E-state index contributed by atoms with van der Waals surface area (Å²) in [4.78, 5) is 26.2. The van der Waals surface area contributed by atoms with Gasteiger partial charge in [-0.2, -0.15) is 0 Å². The van der Waals surface area contributed by atoms with E-state index < -0.39 is 0 Å². The van der Waals surface area contributed by atoms with Crippen LogP contribution >= 0.6 is 0 Å². The van der Waals surface area contributed by atoms with Gasteiger partial charge in [-0.3, -0.25) is 4.79 Å². The Kier molecular flexibility index (Phi) is 8.98. The summed E-state index contributed by atoms with van der Waals surface area (Å²) in [6.07, 6.45) is 3.62. The molecule has 3 amide bonds. The molecule has 0 unspecified atom stereocenters. The standard InChI is InChI=1S/C26H35N3O4/c1-19(2)7-6-14-33-24-16-22(11-12-23(24)32-3)28-26(31)27-17-20-8-4-9-21(15-20)18-29-13-5-10-25(29)30/h4,8-9,11-12,15-16,19H,5-7,10,13-14,17-18H2,1-3H3,(H2,27,28,31). The minimum Gasteiger partial charge on any atom is -0.493 e. The molecule has 0 aromatic heterocycles. The summed E-state index contributed by atoms with van der Waals surface area (Å²) in [5, 5.41) is 5.74. The molecule has 1 fully saturated rings. The molecule has 3 rings (SSSR count). The van der Waals surface area contributed by atoms with Gasteiger partial charge in [0.2, 0.25) is 5.91 Å². The highest BCUT2D eigenvalue weighted by Gasteiger charge is 2.20. The van der Waals surface area contributed by atoms with E-state index in [9.17, 15) is 9.59 Å². The van der Waals surface area contributed by atoms with E-state index >= 15 is 0 Å². The number of anilines is 1. The fourth-order valence-electron chi connectivity index (χ4n) is 3.83. The van der Waals surface area contributed by atoms with Crippen molar-refractivity contribution >= 4 is 17.6 Å². The minimum atomic E-state index is -0.300. The van der Waals surface area contributed by atoms with Crippen LogP contribution in [0.4, 0.5) is 10.5 Å². The van der Waals surface area contributed by atoms with E-state index in [1.165, 1.54) is 0 Å². The van der Waals surface area contributed by atoms with Crippen molar-refractivity contribution < 1.29 is 19.1 Å². The number of nitrogens with zero attached hydrogens (tertiary/aromatic N) is 1. The Morgan fingerprint density at radius 2 is 1.94 bits per heavy atom. The second kappa shape index (κ2) is 12.1. The van der Waals surface area contributed by atoms with Crippen molar-refractivity contribution in [1.29, 1.82) is 0 Å². The van der Waals surface area contributed by atoms with Crippen LogP contribution in [0.1, 0.15) is 50.7 Å². The molecule has 2 aromatic carbocycles. The lowest BCUT2D eigenvalue weighted by molar-refractivity contribution is -0.128. The van der Waals surface area contributed by atoms with E-state index in [2.05, 4.69) is 24.5 Å². The molecule has 0 saturated carbocycles. The number of methoxy groups -OCH3 is 1. The van der Waals surface area contributed by atoms with Gasteiger partial charge in [-0.05, 0) is 48.4 Å². The lowest BCUT2D eigenvalue weighted by atomic mass is 10.1. The third kappa shape index (κ3) is 7.70. The molecule has 0 aliphatic carbocycles. The molecular weight excluding hydrogens is 418 g/mol. The third-order valence-electron chi connectivity index (χ3n) is 5.59. The van der Waals surface area contributed by atoms with Gasteiger partial charge in [0.05, 0.1) is 13.7 Å². The first-order valence-corrected chi connectivity index (χ1v) is 11.7. The van der Waals surface area contributed by atoms with Gasteiger partial charge in [0.1, 0.15) is 0 Å². The molecule has 1 saturated heterocycles. The first-order valence-electron chi connectivity index (χ1n) is 11.7. The van der Waals surface area contributed by atoms with E-state index in [1.54, 1.807) is 25.3 Å². The maximum atomic E-state index is 12.4. The van der Waals surface area contributed by atoms with Crippen molar-refractivity contribution in [3.05, 3.63) is 53.6 Å². The Bertz CT molecular complexity index is 945. The lowest BCUT2D eigenvalue weighted by Gasteiger charge is -2.16. The number of hydrogen-bond acceptors (Lipinski definition) is 4. The average Bonchev–Trinajstić information content (AvgIpc) is 3.20. The zero-order valence-electron chi connectivity index (χ0n) is 19.9. The summed E-state index contributed by atoms with van der Waals surface area (Å²) in [6, 6.07) is 13.0. The molecule has 178 valence electrons. The van der Waals surface area contributed by atoms with Crippen molar-refractivity contribution in [1.82, 2.24) is 10.2 Å². The van der Waals surface area contributed by atoms with Crippen molar-refractivity contribution in [3.63, 3.8) is 0 Å². The van der Waals surface area contributed by atoms with Crippen molar-refractivity contribution in [3.8, 4) is 11.5 Å². The molecule has 1 aliphatic rings. The Morgan fingerprint density at radius 3 is 2.67 bits per heavy atom. The van der Waals surface area contributed by atoms with Crippen LogP contribution in [0.3, 0.4) is 0 Å². The van der Waals surface area contributed by atoms with E-state index in [1.807, 2.05) is 29.2 Å². The summed E-state index contributed by atoms with van der Waals surface area (Å²) in [5.41, 5.74) is 2.69. The highest BCUT2D eigenvalue weighted by molar-refractivity contribution is 5.89. The van der Waals surface area contributed by atoms with Gasteiger partial charge in [0.15, 0.2) is 11.5 Å². The number of ether oxygens (including phenoxy) is 2. The Balaban J connectivity index is 1.51. The molecule has 0 spiro atoms. The maximum absolute atomic E-state index is 12.4. The number of benzene rings is 2. The van der Waals surface area contributed by atoms with Crippen LogP contribution in [0, 0.1) is 5.92 Å². The predicted octanol–water partition coefficient (Wildman–Crippen LogP) is 4.95. The summed E-state index contributed by atoms with van der Waals surface area (Å²) in [7, 11) is 1.60. The highest BCUT2D eigenvalue weighted by atomic mass is 16.5.